The monoisotopic (exact) mass is 248 g/mol. The number of carboxylic acids is 1. The molecule has 0 aliphatic heterocycles. The first-order chi connectivity index (χ1) is 8.61. The Bertz CT molecular complexity index is 607. The number of nitrogens with one attached hydrogen (secondary N) is 1. The lowest BCUT2D eigenvalue weighted by molar-refractivity contribution is -0.142. The van der Waals surface area contributed by atoms with Crippen molar-refractivity contribution >= 4 is 17.4 Å². The van der Waals surface area contributed by atoms with Gasteiger partial charge in [-0.05, 0) is 36.1 Å². The smallest absolute Gasteiger partial charge is 0.329 e. The van der Waals surface area contributed by atoms with Crippen molar-refractivity contribution in [3.8, 4) is 0 Å². The summed E-state index contributed by atoms with van der Waals surface area (Å²) in [7, 11) is 0. The number of rotatable bonds is 4. The van der Waals surface area contributed by atoms with Crippen LogP contribution in [0.25, 0.3) is 5.65 Å². The van der Waals surface area contributed by atoms with Gasteiger partial charge in [-0.1, -0.05) is 0 Å². The first kappa shape index (κ1) is 10.9. The Kier molecular flexibility index (Phi) is 2.19. The molecule has 0 spiro atoms. The highest BCUT2D eigenvalue weighted by Crippen LogP contribution is 2.41. The van der Waals surface area contributed by atoms with Crippen molar-refractivity contribution in [3.63, 3.8) is 0 Å². The van der Waals surface area contributed by atoms with Gasteiger partial charge in [0, 0.05) is 0 Å². The molecule has 0 amide bonds. The Labute approximate surface area is 102 Å². The molecule has 94 valence electrons. The summed E-state index contributed by atoms with van der Waals surface area (Å²) in [6, 6.07) is 0. The topological polar surface area (TPSA) is 105 Å². The Morgan fingerprint density at radius 3 is 3.00 bits per heavy atom. The lowest BCUT2D eigenvalue weighted by Gasteiger charge is -2.26. The molecule has 8 nitrogen and oxygen atoms in total. The highest BCUT2D eigenvalue weighted by molar-refractivity contribution is 5.83. The van der Waals surface area contributed by atoms with E-state index in [1.165, 1.54) is 16.9 Å². The molecule has 8 heteroatoms. The van der Waals surface area contributed by atoms with E-state index in [0.717, 1.165) is 12.8 Å². The zero-order valence-electron chi connectivity index (χ0n) is 9.74. The van der Waals surface area contributed by atoms with Crippen LogP contribution >= 0.6 is 0 Å². The summed E-state index contributed by atoms with van der Waals surface area (Å²) in [5.74, 6) is -0.272. The number of hydrogen-bond acceptors (Lipinski definition) is 6. The Hall–Kier alpha value is -2.25. The van der Waals surface area contributed by atoms with Crippen LogP contribution in [0.4, 0.5) is 5.82 Å². The van der Waals surface area contributed by atoms with E-state index < -0.39 is 11.5 Å². The minimum atomic E-state index is -1.01. The van der Waals surface area contributed by atoms with Crippen LogP contribution in [0.15, 0.2) is 12.4 Å². The first-order valence-corrected chi connectivity index (χ1v) is 5.65. The summed E-state index contributed by atoms with van der Waals surface area (Å²) in [6.45, 7) is 1.68. The highest BCUT2D eigenvalue weighted by atomic mass is 16.4. The van der Waals surface area contributed by atoms with E-state index in [9.17, 15) is 9.90 Å². The van der Waals surface area contributed by atoms with E-state index >= 15 is 0 Å². The normalized spacial score (nSPS) is 18.5. The Morgan fingerprint density at radius 2 is 2.33 bits per heavy atom. The second kappa shape index (κ2) is 3.62. The largest absolute Gasteiger partial charge is 0.480 e. The molecule has 2 heterocycles. The summed E-state index contributed by atoms with van der Waals surface area (Å²) in [6.07, 6.45) is 4.86. The van der Waals surface area contributed by atoms with Gasteiger partial charge in [-0.15, -0.1) is 5.10 Å². The molecule has 2 aromatic heterocycles. The molecule has 1 aliphatic carbocycles. The maximum Gasteiger partial charge on any atom is 0.329 e. The van der Waals surface area contributed by atoms with Gasteiger partial charge in [0.15, 0.2) is 11.5 Å². The lowest BCUT2D eigenvalue weighted by Crippen LogP contribution is -2.46. The molecule has 2 N–H and O–H groups in total. The van der Waals surface area contributed by atoms with Crippen molar-refractivity contribution < 1.29 is 9.90 Å². The van der Waals surface area contributed by atoms with Crippen LogP contribution in [0.1, 0.15) is 19.8 Å². The average Bonchev–Trinajstić information content (AvgIpc) is 3.08. The minimum Gasteiger partial charge on any atom is -0.480 e. The number of anilines is 1. The van der Waals surface area contributed by atoms with Gasteiger partial charge in [0.25, 0.3) is 0 Å². The summed E-state index contributed by atoms with van der Waals surface area (Å²) < 4.78 is 1.44. The van der Waals surface area contributed by atoms with Gasteiger partial charge in [0.05, 0.1) is 12.4 Å². The summed E-state index contributed by atoms with van der Waals surface area (Å²) in [5.41, 5.74) is -0.536. The number of aliphatic carboxylic acids is 1. The molecule has 0 aromatic carbocycles. The fraction of sp³-hybridized carbons (Fsp3) is 0.500. The molecule has 2 aromatic rings. The highest BCUT2D eigenvalue weighted by Gasteiger charge is 2.48. The van der Waals surface area contributed by atoms with E-state index in [0.29, 0.717) is 11.5 Å². The molecule has 1 atom stereocenters. The van der Waals surface area contributed by atoms with Crippen molar-refractivity contribution in [1.29, 1.82) is 0 Å². The average molecular weight is 248 g/mol. The number of tetrazole rings is 1. The Balaban J connectivity index is 2.00. The third-order valence-corrected chi connectivity index (χ3v) is 3.33. The van der Waals surface area contributed by atoms with Gasteiger partial charge in [0.2, 0.25) is 0 Å². The zero-order chi connectivity index (χ0) is 12.8. The summed E-state index contributed by atoms with van der Waals surface area (Å²) in [5, 5.41) is 23.5. The molecule has 1 fully saturated rings. The third-order valence-electron chi connectivity index (χ3n) is 3.33. The van der Waals surface area contributed by atoms with Crippen molar-refractivity contribution in [2.75, 3.05) is 5.32 Å². The van der Waals surface area contributed by atoms with E-state index in [1.807, 2.05) is 0 Å². The predicted molar refractivity (Wildman–Crippen MR) is 61.0 cm³/mol. The van der Waals surface area contributed by atoms with Crippen LogP contribution in [0, 0.1) is 5.92 Å². The van der Waals surface area contributed by atoms with Crippen LogP contribution in [0.2, 0.25) is 0 Å². The van der Waals surface area contributed by atoms with E-state index in [1.54, 1.807) is 6.92 Å². The number of nitrogens with zero attached hydrogens (tertiary/aromatic N) is 5. The summed E-state index contributed by atoms with van der Waals surface area (Å²) >= 11 is 0. The molecular formula is C10H12N6O2. The lowest BCUT2D eigenvalue weighted by atomic mass is 9.96. The van der Waals surface area contributed by atoms with Gasteiger partial charge in [-0.25, -0.2) is 4.79 Å². The minimum absolute atomic E-state index is 0.127. The maximum atomic E-state index is 11.4. The van der Waals surface area contributed by atoms with Crippen molar-refractivity contribution in [1.82, 2.24) is 25.0 Å². The number of carboxylic acid groups (broad SMARTS) is 1. The van der Waals surface area contributed by atoms with E-state index in [2.05, 4.69) is 25.8 Å². The predicted octanol–water partition coefficient (Wildman–Crippen LogP) is 0.184. The molecule has 1 saturated carbocycles. The van der Waals surface area contributed by atoms with Crippen molar-refractivity contribution in [3.05, 3.63) is 12.4 Å². The molecule has 0 radical (unpaired) electrons. The van der Waals surface area contributed by atoms with Crippen LogP contribution in [-0.2, 0) is 4.79 Å². The molecule has 0 bridgehead atoms. The van der Waals surface area contributed by atoms with Crippen LogP contribution in [0.5, 0.6) is 0 Å². The first-order valence-electron chi connectivity index (χ1n) is 5.65. The van der Waals surface area contributed by atoms with Gasteiger partial charge in [0.1, 0.15) is 5.54 Å². The standard InChI is InChI=1S/C10H12N6O2/c1-10(9(17)18,6-2-3-6)12-7-4-11-5-8-13-14-15-16(7)8/h4-6,12H,2-3H2,1H3,(H,17,18). The van der Waals surface area contributed by atoms with Crippen LogP contribution in [-0.4, -0.2) is 41.6 Å². The summed E-state index contributed by atoms with van der Waals surface area (Å²) in [4.78, 5) is 15.4. The second-order valence-corrected chi connectivity index (χ2v) is 4.65. The zero-order valence-corrected chi connectivity index (χ0v) is 9.74. The SMILES string of the molecule is CC(Nc1cncc2nnnn12)(C(=O)O)C1CC1. The van der Waals surface area contributed by atoms with Crippen molar-refractivity contribution in [2.45, 2.75) is 25.3 Å². The number of fused-ring (bicyclic) bond motifs is 1. The maximum absolute atomic E-state index is 11.4. The molecule has 0 saturated heterocycles. The van der Waals surface area contributed by atoms with Gasteiger partial charge < -0.3 is 10.4 Å². The van der Waals surface area contributed by atoms with Crippen LogP contribution < -0.4 is 5.32 Å². The number of carbonyl (C=O) groups is 1. The fourth-order valence-corrected chi connectivity index (χ4v) is 2.02. The van der Waals surface area contributed by atoms with E-state index in [4.69, 9.17) is 0 Å². The third kappa shape index (κ3) is 1.57. The van der Waals surface area contributed by atoms with E-state index in [-0.39, 0.29) is 5.92 Å². The fourth-order valence-electron chi connectivity index (χ4n) is 2.02. The molecule has 3 rings (SSSR count). The molecule has 1 unspecified atom stereocenters. The van der Waals surface area contributed by atoms with Crippen LogP contribution in [0.3, 0.4) is 0 Å². The number of aromatic nitrogens is 5. The molecular weight excluding hydrogens is 236 g/mol. The van der Waals surface area contributed by atoms with Crippen molar-refractivity contribution in [2.24, 2.45) is 5.92 Å². The van der Waals surface area contributed by atoms with Gasteiger partial charge in [-0.2, -0.15) is 4.52 Å². The number of hydrogen-bond donors (Lipinski definition) is 2. The Morgan fingerprint density at radius 1 is 1.56 bits per heavy atom. The van der Waals surface area contributed by atoms with Gasteiger partial charge >= 0.3 is 5.97 Å². The van der Waals surface area contributed by atoms with Gasteiger partial charge in [-0.3, -0.25) is 4.98 Å². The molecule has 1 aliphatic rings. The second-order valence-electron chi connectivity index (χ2n) is 4.65. The quantitative estimate of drug-likeness (QED) is 0.795. The molecule has 18 heavy (non-hydrogen) atoms.